The van der Waals surface area contributed by atoms with Gasteiger partial charge in [0.15, 0.2) is 0 Å². The fourth-order valence-corrected chi connectivity index (χ4v) is 5.72. The number of benzene rings is 2. The Hall–Kier alpha value is -2.99. The van der Waals surface area contributed by atoms with Crippen molar-refractivity contribution < 1.29 is 27.2 Å². The van der Waals surface area contributed by atoms with Gasteiger partial charge in [0.1, 0.15) is 10.0 Å². The molecule has 0 bridgehead atoms. The molecule has 0 aliphatic carbocycles. The summed E-state index contributed by atoms with van der Waals surface area (Å²) in [7, 11) is -4.17. The largest absolute Gasteiger partial charge is 0.333 e. The van der Waals surface area contributed by atoms with E-state index in [2.05, 4.69) is 5.32 Å². The third kappa shape index (κ3) is 4.71. The van der Waals surface area contributed by atoms with Crippen LogP contribution in [0.3, 0.4) is 0 Å². The molecule has 0 fully saturated rings. The molecule has 0 unspecified atom stereocenters. The number of thiophene rings is 1. The van der Waals surface area contributed by atoms with E-state index in [1.54, 1.807) is 16.9 Å². The van der Waals surface area contributed by atoms with Gasteiger partial charge in [-0.2, -0.15) is 0 Å². The highest BCUT2D eigenvalue weighted by Gasteiger charge is 2.34. The molecule has 2 aromatic carbocycles. The van der Waals surface area contributed by atoms with Crippen molar-refractivity contribution in [2.45, 2.75) is 10.6 Å². The minimum atomic E-state index is -4.17. The summed E-state index contributed by atoms with van der Waals surface area (Å²) in [5, 5.41) is 2.48. The van der Waals surface area contributed by atoms with Crippen molar-refractivity contribution in [1.29, 1.82) is 0 Å². The normalized spacial score (nSPS) is 13.6. The summed E-state index contributed by atoms with van der Waals surface area (Å²) in [5.74, 6) is -2.34. The van der Waals surface area contributed by atoms with E-state index in [1.807, 2.05) is 0 Å². The number of amides is 4. The summed E-state index contributed by atoms with van der Waals surface area (Å²) < 4.78 is 41.0. The summed E-state index contributed by atoms with van der Waals surface area (Å²) in [5.41, 5.74) is 0.243. The zero-order valence-electron chi connectivity index (χ0n) is 16.3. The van der Waals surface area contributed by atoms with Crippen molar-refractivity contribution in [3.63, 3.8) is 0 Å². The Morgan fingerprint density at radius 1 is 1.06 bits per heavy atom. The maximum absolute atomic E-state index is 14.8. The van der Waals surface area contributed by atoms with Crippen LogP contribution in [0.2, 0.25) is 9.36 Å². The van der Waals surface area contributed by atoms with Gasteiger partial charge in [0.05, 0.1) is 16.4 Å². The second kappa shape index (κ2) is 8.75. The average molecular weight is 528 g/mol. The third-order valence-corrected chi connectivity index (χ3v) is 7.87. The first-order chi connectivity index (χ1) is 15.5. The quantitative estimate of drug-likeness (QED) is 0.487. The van der Waals surface area contributed by atoms with Crippen molar-refractivity contribution in [1.82, 2.24) is 4.72 Å². The molecule has 0 saturated carbocycles. The molecule has 4 amide bonds. The summed E-state index contributed by atoms with van der Waals surface area (Å²) >= 11 is 12.4. The minimum Gasteiger partial charge on any atom is -0.307 e. The predicted molar refractivity (Wildman–Crippen MR) is 122 cm³/mol. The van der Waals surface area contributed by atoms with Crippen LogP contribution in [0.15, 0.2) is 52.7 Å². The molecule has 4 rings (SSSR count). The van der Waals surface area contributed by atoms with Crippen molar-refractivity contribution >= 4 is 73.8 Å². The van der Waals surface area contributed by atoms with E-state index in [-0.39, 0.29) is 31.9 Å². The number of sulfonamides is 1. The number of carbonyl (C=O) groups is 3. The molecule has 13 heteroatoms. The van der Waals surface area contributed by atoms with Gasteiger partial charge in [0.2, 0.25) is 5.91 Å². The van der Waals surface area contributed by atoms with Gasteiger partial charge in [-0.15, -0.1) is 11.3 Å². The zero-order valence-corrected chi connectivity index (χ0v) is 19.4. The third-order valence-electron chi connectivity index (χ3n) is 4.58. The lowest BCUT2D eigenvalue weighted by Gasteiger charge is -2.27. The van der Waals surface area contributed by atoms with E-state index in [9.17, 15) is 27.2 Å². The monoisotopic (exact) mass is 527 g/mol. The molecule has 1 aromatic heterocycles. The lowest BCUT2D eigenvalue weighted by Crippen LogP contribution is -2.43. The van der Waals surface area contributed by atoms with Gasteiger partial charge >= 0.3 is 6.03 Å². The fraction of sp³-hybridized carbons (Fsp3) is 0.0500. The molecule has 0 spiro atoms. The highest BCUT2D eigenvalue weighted by atomic mass is 35.5. The lowest BCUT2D eigenvalue weighted by atomic mass is 9.98. The molecule has 1 aliphatic heterocycles. The Morgan fingerprint density at radius 2 is 1.82 bits per heavy atom. The number of anilines is 2. The minimum absolute atomic E-state index is 0.103. The number of fused-ring (bicyclic) bond motifs is 1. The molecule has 2 N–H and O–H groups in total. The van der Waals surface area contributed by atoms with E-state index in [0.717, 1.165) is 23.5 Å². The number of rotatable bonds is 4. The molecule has 0 atom stereocenters. The van der Waals surface area contributed by atoms with Crippen LogP contribution in [-0.4, -0.2) is 26.3 Å². The molecule has 0 radical (unpaired) electrons. The summed E-state index contributed by atoms with van der Waals surface area (Å²) in [6.45, 7) is 0. The van der Waals surface area contributed by atoms with Crippen molar-refractivity contribution in [3.8, 4) is 0 Å². The van der Waals surface area contributed by atoms with Crippen molar-refractivity contribution in [3.05, 3.63) is 74.8 Å². The molecule has 3 aromatic rings. The molecular formula is C20H12Cl2FN3O5S2. The molecule has 1 aliphatic rings. The Morgan fingerprint density at radius 3 is 2.48 bits per heavy atom. The van der Waals surface area contributed by atoms with Crippen molar-refractivity contribution in [2.24, 2.45) is 0 Å². The van der Waals surface area contributed by atoms with E-state index in [4.69, 9.17) is 23.2 Å². The van der Waals surface area contributed by atoms with Gasteiger partial charge in [-0.1, -0.05) is 29.3 Å². The average Bonchev–Trinajstić information content (AvgIpc) is 3.17. The van der Waals surface area contributed by atoms with E-state index >= 15 is 0 Å². The Labute approximate surface area is 201 Å². The van der Waals surface area contributed by atoms with Crippen molar-refractivity contribution in [2.75, 3.05) is 10.2 Å². The van der Waals surface area contributed by atoms with Crippen LogP contribution in [0.1, 0.15) is 15.9 Å². The predicted octanol–water partition coefficient (Wildman–Crippen LogP) is 4.43. The molecule has 33 heavy (non-hydrogen) atoms. The van der Waals surface area contributed by atoms with Crippen LogP contribution < -0.4 is 14.9 Å². The topological polar surface area (TPSA) is 113 Å². The lowest BCUT2D eigenvalue weighted by molar-refractivity contribution is -0.117. The zero-order chi connectivity index (χ0) is 23.9. The maximum Gasteiger partial charge on any atom is 0.333 e. The van der Waals surface area contributed by atoms with Gasteiger partial charge in [-0.05, 0) is 48.0 Å². The Balaban J connectivity index is 1.53. The van der Waals surface area contributed by atoms with E-state index in [0.29, 0.717) is 15.5 Å². The van der Waals surface area contributed by atoms with Crippen LogP contribution in [0.4, 0.5) is 20.6 Å². The second-order valence-electron chi connectivity index (χ2n) is 6.80. The number of hydrogen-bond acceptors (Lipinski definition) is 6. The van der Waals surface area contributed by atoms with Crippen LogP contribution in [0, 0.1) is 5.82 Å². The summed E-state index contributed by atoms with van der Waals surface area (Å²) in [6.07, 6.45) is -0.120. The van der Waals surface area contributed by atoms with Crippen LogP contribution in [0.5, 0.6) is 0 Å². The number of urea groups is 1. The van der Waals surface area contributed by atoms with Gasteiger partial charge in [0, 0.05) is 16.3 Å². The highest BCUT2D eigenvalue weighted by molar-refractivity contribution is 7.92. The number of nitrogens with one attached hydrogen (secondary N) is 2. The molecular weight excluding hydrogens is 516 g/mol. The Bertz CT molecular complexity index is 1420. The first-order valence-corrected chi connectivity index (χ1v) is 12.1. The number of hydrogen-bond donors (Lipinski definition) is 2. The standard InChI is InChI=1S/C20H12Cl2FN3O5S2/c21-11-2-1-10-7-17(27)26(19(28)13(10)8-11)15-4-3-12(9-14(15)23)24-20(29)25-33(30,31)18-6-5-16(22)32-18/h1-6,8-9H,7H2,(H2,24,25,29). The maximum atomic E-state index is 14.8. The first kappa shape index (κ1) is 23.2. The Kier molecular flexibility index (Phi) is 6.14. The molecule has 8 nitrogen and oxygen atoms in total. The van der Waals surface area contributed by atoms with Gasteiger partial charge in [0.25, 0.3) is 15.9 Å². The van der Waals surface area contributed by atoms with Crippen LogP contribution >= 0.6 is 34.5 Å². The number of nitrogens with zero attached hydrogens (tertiary/aromatic N) is 1. The van der Waals surface area contributed by atoms with Crippen LogP contribution in [0.25, 0.3) is 0 Å². The second-order valence-corrected chi connectivity index (χ2v) is 10.9. The fourth-order valence-electron chi connectivity index (χ4n) is 3.16. The van der Waals surface area contributed by atoms with Crippen LogP contribution in [-0.2, 0) is 21.2 Å². The number of carbonyl (C=O) groups excluding carboxylic acids is 3. The van der Waals surface area contributed by atoms with E-state index in [1.165, 1.54) is 24.3 Å². The molecule has 0 saturated heterocycles. The van der Waals surface area contributed by atoms with Gasteiger partial charge in [-0.25, -0.2) is 27.2 Å². The van der Waals surface area contributed by atoms with E-state index < -0.39 is 33.7 Å². The molecule has 2 heterocycles. The first-order valence-electron chi connectivity index (χ1n) is 9.09. The number of imide groups is 1. The van der Waals surface area contributed by atoms with Gasteiger partial charge < -0.3 is 5.32 Å². The highest BCUT2D eigenvalue weighted by Crippen LogP contribution is 2.30. The summed E-state index contributed by atoms with van der Waals surface area (Å²) in [4.78, 5) is 38.1. The smallest absolute Gasteiger partial charge is 0.307 e. The number of halogens is 3. The summed E-state index contributed by atoms with van der Waals surface area (Å²) in [6, 6.07) is 9.18. The molecule has 170 valence electrons. The van der Waals surface area contributed by atoms with Gasteiger partial charge in [-0.3, -0.25) is 9.59 Å². The SMILES string of the molecule is O=C(Nc1ccc(N2C(=O)Cc3ccc(Cl)cc3C2=O)c(F)c1)NS(=O)(=O)c1ccc(Cl)s1.